The van der Waals surface area contributed by atoms with Gasteiger partial charge in [0.25, 0.3) is 0 Å². The second-order valence-electron chi connectivity index (χ2n) is 6.33. The van der Waals surface area contributed by atoms with Crippen LogP contribution in [0.5, 0.6) is 0 Å². The Hall–Kier alpha value is -0.670. The minimum Gasteiger partial charge on any atom is -0.350 e. The highest BCUT2D eigenvalue weighted by atomic mass is 16.7. The predicted molar refractivity (Wildman–Crippen MR) is 63.5 cm³/mol. The maximum atomic E-state index is 11.6. The molecule has 1 spiro atoms. The first kappa shape index (κ1) is 11.4. The summed E-state index contributed by atoms with van der Waals surface area (Å²) in [6, 6.07) is 0. The van der Waals surface area contributed by atoms with Crippen LogP contribution < -0.4 is 0 Å². The van der Waals surface area contributed by atoms with Gasteiger partial charge in [-0.25, -0.2) is 0 Å². The van der Waals surface area contributed by atoms with Crippen LogP contribution in [-0.2, 0) is 14.3 Å². The molecule has 0 N–H and O–H groups in total. The van der Waals surface area contributed by atoms with Crippen molar-refractivity contribution in [3.8, 4) is 0 Å². The molecule has 94 valence electrons. The monoisotopic (exact) mass is 236 g/mol. The minimum absolute atomic E-state index is 0.136. The quantitative estimate of drug-likeness (QED) is 0.648. The molecule has 3 rings (SSSR count). The molecule has 3 nitrogen and oxygen atoms in total. The van der Waals surface area contributed by atoms with Gasteiger partial charge < -0.3 is 9.47 Å². The molecule has 0 radical (unpaired) electrons. The first-order chi connectivity index (χ1) is 7.91. The van der Waals surface area contributed by atoms with Crippen molar-refractivity contribution in [1.82, 2.24) is 0 Å². The van der Waals surface area contributed by atoms with E-state index in [9.17, 15) is 4.79 Å². The lowest BCUT2D eigenvalue weighted by molar-refractivity contribution is -0.284. The molecule has 0 aromatic rings. The molecule has 2 fully saturated rings. The topological polar surface area (TPSA) is 35.5 Å². The summed E-state index contributed by atoms with van der Waals surface area (Å²) < 4.78 is 11.6. The summed E-state index contributed by atoms with van der Waals surface area (Å²) in [6.07, 6.45) is 2.76. The summed E-state index contributed by atoms with van der Waals surface area (Å²) in [5.41, 5.74) is 2.52. The zero-order valence-corrected chi connectivity index (χ0v) is 10.8. The molecule has 3 aliphatic rings. The third-order valence-corrected chi connectivity index (χ3v) is 4.52. The number of ketones is 1. The van der Waals surface area contributed by atoms with Gasteiger partial charge in [0.15, 0.2) is 11.6 Å². The molecule has 0 aromatic heterocycles. The fraction of sp³-hybridized carbons (Fsp3) is 0.786. The van der Waals surface area contributed by atoms with Crippen molar-refractivity contribution < 1.29 is 14.3 Å². The van der Waals surface area contributed by atoms with Crippen LogP contribution in [0, 0.1) is 11.3 Å². The molecule has 1 saturated carbocycles. The molecule has 0 amide bonds. The van der Waals surface area contributed by atoms with Crippen molar-refractivity contribution in [3.63, 3.8) is 0 Å². The maximum absolute atomic E-state index is 11.6. The Labute approximate surface area is 102 Å². The predicted octanol–water partition coefficient (Wildman–Crippen LogP) is 2.46. The van der Waals surface area contributed by atoms with Crippen LogP contribution in [0.1, 0.15) is 40.0 Å². The molecule has 1 aliphatic heterocycles. The fourth-order valence-corrected chi connectivity index (χ4v) is 3.41. The van der Waals surface area contributed by atoms with Crippen molar-refractivity contribution in [2.75, 3.05) is 13.2 Å². The van der Waals surface area contributed by atoms with Crippen molar-refractivity contribution >= 4 is 5.78 Å². The highest BCUT2D eigenvalue weighted by Crippen LogP contribution is 2.53. The first-order valence-corrected chi connectivity index (χ1v) is 6.42. The molecule has 17 heavy (non-hydrogen) atoms. The second kappa shape index (κ2) is 3.42. The van der Waals surface area contributed by atoms with Gasteiger partial charge in [0.1, 0.15) is 0 Å². The molecule has 1 heterocycles. The number of fused-ring (bicyclic) bond motifs is 1. The van der Waals surface area contributed by atoms with Crippen LogP contribution >= 0.6 is 0 Å². The number of carbonyl (C=O) groups is 1. The van der Waals surface area contributed by atoms with Gasteiger partial charge >= 0.3 is 0 Å². The summed E-state index contributed by atoms with van der Waals surface area (Å²) in [6.45, 7) is 7.43. The van der Waals surface area contributed by atoms with E-state index in [1.807, 2.05) is 20.8 Å². The van der Waals surface area contributed by atoms with Crippen LogP contribution in [-0.4, -0.2) is 24.8 Å². The average molecular weight is 236 g/mol. The lowest BCUT2D eigenvalue weighted by Gasteiger charge is -2.41. The summed E-state index contributed by atoms with van der Waals surface area (Å²) in [7, 11) is 0. The molecule has 3 heteroatoms. The maximum Gasteiger partial charge on any atom is 0.162 e. The SMILES string of the molecule is CC1=C2CC3(COC(C)(C)OC3)CC2CC1=O. The van der Waals surface area contributed by atoms with E-state index in [2.05, 4.69) is 0 Å². The zero-order chi connectivity index (χ0) is 12.3. The fourth-order valence-electron chi connectivity index (χ4n) is 3.41. The Bertz CT molecular complexity index is 396. The van der Waals surface area contributed by atoms with Crippen molar-refractivity contribution in [3.05, 3.63) is 11.1 Å². The highest BCUT2D eigenvalue weighted by Gasteiger charge is 2.50. The number of hydrogen-bond donors (Lipinski definition) is 0. The van der Waals surface area contributed by atoms with Crippen LogP contribution in [0.2, 0.25) is 0 Å². The number of rotatable bonds is 0. The number of hydrogen-bond acceptors (Lipinski definition) is 3. The Morgan fingerprint density at radius 2 is 1.88 bits per heavy atom. The molecule has 1 saturated heterocycles. The molecular formula is C14H20O3. The Kier molecular flexibility index (Phi) is 2.30. The van der Waals surface area contributed by atoms with Crippen LogP contribution in [0.15, 0.2) is 11.1 Å². The van der Waals surface area contributed by atoms with Crippen molar-refractivity contribution in [1.29, 1.82) is 0 Å². The van der Waals surface area contributed by atoms with Gasteiger partial charge in [-0.2, -0.15) is 0 Å². The Morgan fingerprint density at radius 3 is 2.47 bits per heavy atom. The molecule has 1 atom stereocenters. The smallest absolute Gasteiger partial charge is 0.162 e. The zero-order valence-electron chi connectivity index (χ0n) is 10.8. The highest BCUT2D eigenvalue weighted by molar-refractivity contribution is 5.98. The lowest BCUT2D eigenvalue weighted by Crippen LogP contribution is -2.45. The molecular weight excluding hydrogens is 216 g/mol. The number of allylic oxidation sites excluding steroid dienone is 2. The summed E-state index contributed by atoms with van der Waals surface area (Å²) in [5, 5.41) is 0. The summed E-state index contributed by atoms with van der Waals surface area (Å²) >= 11 is 0. The van der Waals surface area contributed by atoms with E-state index in [0.29, 0.717) is 18.1 Å². The third kappa shape index (κ3) is 1.76. The lowest BCUT2D eigenvalue weighted by atomic mass is 9.84. The van der Waals surface area contributed by atoms with Gasteiger partial charge in [-0.05, 0) is 45.1 Å². The van der Waals surface area contributed by atoms with E-state index in [-0.39, 0.29) is 5.41 Å². The summed E-state index contributed by atoms with van der Waals surface area (Å²) in [4.78, 5) is 11.6. The molecule has 0 aromatic carbocycles. The minimum atomic E-state index is -0.442. The van der Waals surface area contributed by atoms with E-state index < -0.39 is 5.79 Å². The number of ether oxygens (including phenoxy) is 2. The second-order valence-corrected chi connectivity index (χ2v) is 6.33. The van der Waals surface area contributed by atoms with E-state index in [4.69, 9.17) is 9.47 Å². The van der Waals surface area contributed by atoms with Crippen LogP contribution in [0.4, 0.5) is 0 Å². The van der Waals surface area contributed by atoms with Gasteiger partial charge in [0.05, 0.1) is 13.2 Å². The normalized spacial score (nSPS) is 34.5. The van der Waals surface area contributed by atoms with E-state index in [0.717, 1.165) is 31.6 Å². The third-order valence-electron chi connectivity index (χ3n) is 4.52. The average Bonchev–Trinajstić information content (AvgIpc) is 2.72. The number of carbonyl (C=O) groups excluding carboxylic acids is 1. The van der Waals surface area contributed by atoms with E-state index in [1.54, 1.807) is 0 Å². The molecule has 2 aliphatic carbocycles. The van der Waals surface area contributed by atoms with Crippen molar-refractivity contribution in [2.45, 2.75) is 45.8 Å². The van der Waals surface area contributed by atoms with Crippen molar-refractivity contribution in [2.24, 2.45) is 11.3 Å². The number of Topliss-reactive ketones (excluding diaryl/α,β-unsaturated/α-hetero) is 1. The van der Waals surface area contributed by atoms with Gasteiger partial charge in [0.2, 0.25) is 0 Å². The Balaban J connectivity index is 1.80. The molecule has 0 bridgehead atoms. The standard InChI is InChI=1S/C14H20O3/c1-9-11-6-14(5-10(11)4-12(9)15)7-16-13(2,3)17-8-14/h10H,4-8H2,1-3H3. The van der Waals surface area contributed by atoms with Gasteiger partial charge in [0, 0.05) is 11.8 Å². The van der Waals surface area contributed by atoms with E-state index in [1.165, 1.54) is 5.57 Å². The van der Waals surface area contributed by atoms with Gasteiger partial charge in [-0.3, -0.25) is 4.79 Å². The largest absolute Gasteiger partial charge is 0.350 e. The summed E-state index contributed by atoms with van der Waals surface area (Å²) in [5.74, 6) is 0.371. The Morgan fingerprint density at radius 1 is 1.24 bits per heavy atom. The first-order valence-electron chi connectivity index (χ1n) is 6.42. The van der Waals surface area contributed by atoms with Gasteiger partial charge in [-0.1, -0.05) is 5.57 Å². The van der Waals surface area contributed by atoms with E-state index >= 15 is 0 Å². The van der Waals surface area contributed by atoms with Crippen LogP contribution in [0.3, 0.4) is 0 Å². The van der Waals surface area contributed by atoms with Gasteiger partial charge in [-0.15, -0.1) is 0 Å². The van der Waals surface area contributed by atoms with Crippen LogP contribution in [0.25, 0.3) is 0 Å². The molecule has 1 unspecified atom stereocenters.